The van der Waals surface area contributed by atoms with E-state index in [0.717, 1.165) is 32.8 Å². The summed E-state index contributed by atoms with van der Waals surface area (Å²) in [6.07, 6.45) is 0. The normalized spacial score (nSPS) is 23.4. The first kappa shape index (κ1) is 12.3. The summed E-state index contributed by atoms with van der Waals surface area (Å²) in [4.78, 5) is 28.6. The lowest BCUT2D eigenvalue weighted by molar-refractivity contribution is -0.149. The molecule has 2 heterocycles. The van der Waals surface area contributed by atoms with E-state index < -0.39 is 0 Å². The van der Waals surface area contributed by atoms with Crippen molar-refractivity contribution >= 4 is 11.8 Å². The maximum atomic E-state index is 11.7. The summed E-state index contributed by atoms with van der Waals surface area (Å²) >= 11 is 0. The third kappa shape index (κ3) is 3.17. The average Bonchev–Trinajstić information content (AvgIpc) is 2.33. The Morgan fingerprint density at radius 3 is 2.47 bits per heavy atom. The minimum atomic E-state index is 0.0200. The number of hydrogen-bond acceptors (Lipinski definition) is 4. The van der Waals surface area contributed by atoms with Gasteiger partial charge in [-0.15, -0.1) is 0 Å². The van der Waals surface area contributed by atoms with Gasteiger partial charge in [0.25, 0.3) is 0 Å². The van der Waals surface area contributed by atoms with Gasteiger partial charge in [0.15, 0.2) is 0 Å². The molecule has 0 aromatic rings. The highest BCUT2D eigenvalue weighted by Gasteiger charge is 2.27. The van der Waals surface area contributed by atoms with Crippen LogP contribution in [0.3, 0.4) is 0 Å². The molecule has 2 saturated heterocycles. The summed E-state index contributed by atoms with van der Waals surface area (Å²) in [5, 5.41) is 0. The highest BCUT2D eigenvalue weighted by Crippen LogP contribution is 2.04. The van der Waals surface area contributed by atoms with E-state index in [4.69, 9.17) is 4.74 Å². The fourth-order valence-electron chi connectivity index (χ4n) is 2.05. The fraction of sp³-hybridized carbons (Fsp3) is 0.818. The van der Waals surface area contributed by atoms with Gasteiger partial charge in [0.05, 0.1) is 26.3 Å². The molecule has 2 rings (SSSR count). The molecule has 0 bridgehead atoms. The van der Waals surface area contributed by atoms with Gasteiger partial charge in [-0.3, -0.25) is 14.5 Å². The molecular formula is C11H19N3O3. The summed E-state index contributed by atoms with van der Waals surface area (Å²) in [6, 6.07) is 0. The molecular weight excluding hydrogens is 222 g/mol. The molecule has 2 aliphatic rings. The minimum absolute atomic E-state index is 0.0200. The Labute approximate surface area is 101 Å². The molecule has 0 radical (unpaired) electrons. The van der Waals surface area contributed by atoms with Crippen molar-refractivity contribution in [2.75, 3.05) is 59.5 Å². The number of carbonyl (C=O) groups excluding carboxylic acids is 2. The van der Waals surface area contributed by atoms with Crippen LogP contribution in [0.5, 0.6) is 0 Å². The van der Waals surface area contributed by atoms with Gasteiger partial charge in [-0.2, -0.15) is 0 Å². The van der Waals surface area contributed by atoms with Crippen molar-refractivity contribution in [3.63, 3.8) is 0 Å². The number of piperazine rings is 1. The first-order valence-corrected chi connectivity index (χ1v) is 5.98. The molecule has 0 aliphatic carbocycles. The van der Waals surface area contributed by atoms with Gasteiger partial charge in [0.1, 0.15) is 0 Å². The Kier molecular flexibility index (Phi) is 3.96. The van der Waals surface area contributed by atoms with Crippen molar-refractivity contribution in [1.82, 2.24) is 14.7 Å². The number of likely N-dealkylation sites (N-methyl/N-ethyl adjacent to an activating group) is 1. The Balaban J connectivity index is 1.78. The lowest BCUT2D eigenvalue weighted by Crippen LogP contribution is -2.54. The lowest BCUT2D eigenvalue weighted by atomic mass is 10.3. The maximum Gasteiger partial charge on any atom is 0.242 e. The molecule has 2 aliphatic heterocycles. The predicted octanol–water partition coefficient (Wildman–Crippen LogP) is -1.38. The molecule has 0 aromatic heterocycles. The zero-order chi connectivity index (χ0) is 12.3. The van der Waals surface area contributed by atoms with Gasteiger partial charge in [-0.1, -0.05) is 0 Å². The van der Waals surface area contributed by atoms with Crippen molar-refractivity contribution < 1.29 is 14.3 Å². The number of nitrogens with zero attached hydrogens (tertiary/aromatic N) is 3. The Morgan fingerprint density at radius 1 is 1.06 bits per heavy atom. The molecule has 2 amide bonds. The Hall–Kier alpha value is -1.14. The summed E-state index contributed by atoms with van der Waals surface area (Å²) in [6.45, 7) is 5.24. The first-order chi connectivity index (χ1) is 8.16. The third-order valence-electron chi connectivity index (χ3n) is 3.27. The van der Waals surface area contributed by atoms with E-state index in [9.17, 15) is 9.59 Å². The van der Waals surface area contributed by atoms with Crippen molar-refractivity contribution in [1.29, 1.82) is 0 Å². The predicted molar refractivity (Wildman–Crippen MR) is 61.5 cm³/mol. The molecule has 0 aromatic carbocycles. The van der Waals surface area contributed by atoms with Crippen LogP contribution in [-0.2, 0) is 14.3 Å². The molecule has 0 N–H and O–H groups in total. The first-order valence-electron chi connectivity index (χ1n) is 5.98. The Morgan fingerprint density at radius 2 is 1.76 bits per heavy atom. The van der Waals surface area contributed by atoms with Gasteiger partial charge < -0.3 is 14.5 Å². The van der Waals surface area contributed by atoms with Gasteiger partial charge in [0, 0.05) is 33.2 Å². The lowest BCUT2D eigenvalue weighted by Gasteiger charge is -2.34. The van der Waals surface area contributed by atoms with Crippen LogP contribution in [0.2, 0.25) is 0 Å². The standard InChI is InChI=1S/C11H19N3O3/c1-12-8-11(16)14(9-10(12)15)3-2-13-4-6-17-7-5-13/h2-9H2,1H3. The van der Waals surface area contributed by atoms with Crippen molar-refractivity contribution in [2.24, 2.45) is 0 Å². The van der Waals surface area contributed by atoms with E-state index in [1.54, 1.807) is 11.9 Å². The zero-order valence-electron chi connectivity index (χ0n) is 10.2. The number of morpholine rings is 1. The summed E-state index contributed by atoms with van der Waals surface area (Å²) in [7, 11) is 1.67. The second-order valence-corrected chi connectivity index (χ2v) is 4.52. The number of amides is 2. The minimum Gasteiger partial charge on any atom is -0.379 e. The van der Waals surface area contributed by atoms with Gasteiger partial charge >= 0.3 is 0 Å². The largest absolute Gasteiger partial charge is 0.379 e. The topological polar surface area (TPSA) is 53.1 Å². The molecule has 6 heteroatoms. The number of hydrogen-bond donors (Lipinski definition) is 0. The smallest absolute Gasteiger partial charge is 0.242 e. The third-order valence-corrected chi connectivity index (χ3v) is 3.27. The fourth-order valence-corrected chi connectivity index (χ4v) is 2.05. The molecule has 17 heavy (non-hydrogen) atoms. The number of rotatable bonds is 3. The molecule has 2 fully saturated rings. The molecule has 0 spiro atoms. The van der Waals surface area contributed by atoms with Gasteiger partial charge in [0.2, 0.25) is 11.8 Å². The molecule has 0 atom stereocenters. The van der Waals surface area contributed by atoms with Crippen LogP contribution in [0.1, 0.15) is 0 Å². The van der Waals surface area contributed by atoms with Crippen LogP contribution in [0.25, 0.3) is 0 Å². The number of carbonyl (C=O) groups is 2. The monoisotopic (exact) mass is 241 g/mol. The summed E-state index contributed by atoms with van der Waals surface area (Å²) in [5.74, 6) is 0.0620. The van der Waals surface area contributed by atoms with Crippen molar-refractivity contribution in [2.45, 2.75) is 0 Å². The van der Waals surface area contributed by atoms with Crippen molar-refractivity contribution in [3.8, 4) is 0 Å². The molecule has 6 nitrogen and oxygen atoms in total. The van der Waals surface area contributed by atoms with E-state index in [0.29, 0.717) is 6.54 Å². The van der Waals surface area contributed by atoms with E-state index in [1.165, 1.54) is 4.90 Å². The van der Waals surface area contributed by atoms with Gasteiger partial charge in [-0.05, 0) is 0 Å². The van der Waals surface area contributed by atoms with Crippen LogP contribution in [0.4, 0.5) is 0 Å². The van der Waals surface area contributed by atoms with Crippen LogP contribution in [-0.4, -0.2) is 86.0 Å². The summed E-state index contributed by atoms with van der Waals surface area (Å²) < 4.78 is 5.26. The molecule has 0 unspecified atom stereocenters. The zero-order valence-corrected chi connectivity index (χ0v) is 10.2. The number of ether oxygens (including phenoxy) is 1. The second-order valence-electron chi connectivity index (χ2n) is 4.52. The quantitative estimate of drug-likeness (QED) is 0.611. The van der Waals surface area contributed by atoms with Gasteiger partial charge in [-0.25, -0.2) is 0 Å². The Bertz CT molecular complexity index is 302. The maximum absolute atomic E-state index is 11.7. The highest BCUT2D eigenvalue weighted by molar-refractivity contribution is 5.92. The van der Waals surface area contributed by atoms with E-state index in [1.807, 2.05) is 0 Å². The SMILES string of the molecule is CN1CC(=O)N(CCN2CCOCC2)CC1=O. The molecule has 96 valence electrons. The van der Waals surface area contributed by atoms with Crippen LogP contribution in [0.15, 0.2) is 0 Å². The second kappa shape index (κ2) is 5.46. The van der Waals surface area contributed by atoms with Crippen LogP contribution < -0.4 is 0 Å². The van der Waals surface area contributed by atoms with Crippen molar-refractivity contribution in [3.05, 3.63) is 0 Å². The molecule has 0 saturated carbocycles. The van der Waals surface area contributed by atoms with E-state index in [-0.39, 0.29) is 24.9 Å². The van der Waals surface area contributed by atoms with Crippen LogP contribution in [0, 0.1) is 0 Å². The van der Waals surface area contributed by atoms with E-state index in [2.05, 4.69) is 4.90 Å². The van der Waals surface area contributed by atoms with E-state index >= 15 is 0 Å². The van der Waals surface area contributed by atoms with Crippen LogP contribution >= 0.6 is 0 Å². The highest BCUT2D eigenvalue weighted by atomic mass is 16.5. The average molecular weight is 241 g/mol. The summed E-state index contributed by atoms with van der Waals surface area (Å²) in [5.41, 5.74) is 0.